The Hall–Kier alpha value is -3.49. The second-order valence-electron chi connectivity index (χ2n) is 8.19. The largest absolute Gasteiger partial charge is 0.460 e. The van der Waals surface area contributed by atoms with Crippen molar-refractivity contribution in [1.29, 1.82) is 0 Å². The Balaban J connectivity index is 0.000000366. The monoisotopic (exact) mass is 427 g/mol. The van der Waals surface area contributed by atoms with Crippen LogP contribution in [0.5, 0.6) is 0 Å². The third-order valence-electron chi connectivity index (χ3n) is 3.65. The van der Waals surface area contributed by atoms with Crippen molar-refractivity contribution in [3.63, 3.8) is 0 Å². The van der Waals surface area contributed by atoms with E-state index in [0.29, 0.717) is 5.82 Å². The molecule has 9 nitrogen and oxygen atoms in total. The molecule has 9 heteroatoms. The van der Waals surface area contributed by atoms with Crippen LogP contribution in [0.25, 0.3) is 22.0 Å². The van der Waals surface area contributed by atoms with E-state index in [1.807, 2.05) is 52.2 Å². The summed E-state index contributed by atoms with van der Waals surface area (Å²) >= 11 is 0. The summed E-state index contributed by atoms with van der Waals surface area (Å²) in [5.41, 5.74) is 2.46. The summed E-state index contributed by atoms with van der Waals surface area (Å²) in [5, 5.41) is 15.7. The van der Waals surface area contributed by atoms with Crippen molar-refractivity contribution in [1.82, 2.24) is 20.0 Å². The minimum Gasteiger partial charge on any atom is -0.460 e. The second kappa shape index (κ2) is 10.0. The van der Waals surface area contributed by atoms with Crippen molar-refractivity contribution in [2.24, 2.45) is 7.05 Å². The third-order valence-corrected chi connectivity index (χ3v) is 3.65. The molecule has 0 bridgehead atoms. The fraction of sp³-hybridized carbons (Fsp3) is 0.409. The number of benzene rings is 1. The molecule has 2 aromatic heterocycles. The number of anilines is 1. The number of ether oxygens (including phenoxy) is 2. The van der Waals surface area contributed by atoms with Gasteiger partial charge < -0.3 is 9.47 Å². The van der Waals surface area contributed by atoms with Crippen molar-refractivity contribution in [3.8, 4) is 11.1 Å². The Morgan fingerprint density at radius 1 is 1.10 bits per heavy atom. The number of hydrogen-bond donors (Lipinski definition) is 1. The molecule has 0 fully saturated rings. The van der Waals surface area contributed by atoms with E-state index in [-0.39, 0.29) is 17.7 Å². The van der Waals surface area contributed by atoms with Crippen LogP contribution in [0.4, 0.5) is 10.6 Å². The molecule has 0 atom stereocenters. The number of carbonyl (C=O) groups excluding carboxylic acids is 2. The van der Waals surface area contributed by atoms with Crippen LogP contribution in [0.15, 0.2) is 36.7 Å². The van der Waals surface area contributed by atoms with Crippen LogP contribution in [-0.2, 0) is 21.3 Å². The highest BCUT2D eigenvalue weighted by Gasteiger charge is 2.12. The lowest BCUT2D eigenvalue weighted by Crippen LogP contribution is -2.21. The first-order chi connectivity index (χ1) is 14.4. The van der Waals surface area contributed by atoms with E-state index < -0.39 is 6.09 Å². The molecule has 0 unspecified atom stereocenters. The highest BCUT2D eigenvalue weighted by molar-refractivity contribution is 5.89. The van der Waals surface area contributed by atoms with E-state index in [2.05, 4.69) is 20.6 Å². The number of fused-ring (bicyclic) bond motifs is 1. The topological polar surface area (TPSA) is 108 Å². The SMILES string of the molecule is CC(=O)OC(C)(C)C.CC(C)OC(=O)Nc1cc2cc(-c3cnn(C)c3)ccc2nn1. The van der Waals surface area contributed by atoms with Crippen molar-refractivity contribution in [2.45, 2.75) is 53.2 Å². The van der Waals surface area contributed by atoms with Gasteiger partial charge in [-0.3, -0.25) is 14.8 Å². The number of amides is 1. The number of aromatic nitrogens is 4. The van der Waals surface area contributed by atoms with Crippen LogP contribution in [0.2, 0.25) is 0 Å². The highest BCUT2D eigenvalue weighted by Crippen LogP contribution is 2.24. The summed E-state index contributed by atoms with van der Waals surface area (Å²) < 4.78 is 11.6. The van der Waals surface area contributed by atoms with Crippen molar-refractivity contribution < 1.29 is 19.1 Å². The lowest BCUT2D eigenvalue weighted by molar-refractivity contribution is -0.151. The highest BCUT2D eigenvalue weighted by atomic mass is 16.6. The molecule has 0 radical (unpaired) electrons. The van der Waals surface area contributed by atoms with E-state index in [1.54, 1.807) is 30.8 Å². The number of nitrogens with zero attached hydrogens (tertiary/aromatic N) is 4. The number of aryl methyl sites for hydroxylation is 1. The summed E-state index contributed by atoms with van der Waals surface area (Å²) in [7, 11) is 1.87. The summed E-state index contributed by atoms with van der Waals surface area (Å²) in [5.74, 6) is 0.129. The fourth-order valence-electron chi connectivity index (χ4n) is 2.64. The third kappa shape index (κ3) is 8.04. The van der Waals surface area contributed by atoms with Crippen LogP contribution >= 0.6 is 0 Å². The predicted molar refractivity (Wildman–Crippen MR) is 118 cm³/mol. The van der Waals surface area contributed by atoms with Crippen LogP contribution in [0.3, 0.4) is 0 Å². The van der Waals surface area contributed by atoms with Gasteiger partial charge >= 0.3 is 12.1 Å². The lowest BCUT2D eigenvalue weighted by Gasteiger charge is -2.17. The minimum absolute atomic E-state index is 0.194. The van der Waals surface area contributed by atoms with Gasteiger partial charge in [0.15, 0.2) is 5.82 Å². The van der Waals surface area contributed by atoms with Gasteiger partial charge in [0.1, 0.15) is 5.60 Å². The average Bonchev–Trinajstić information content (AvgIpc) is 3.05. The van der Waals surface area contributed by atoms with Gasteiger partial charge in [0.25, 0.3) is 0 Å². The van der Waals surface area contributed by atoms with Gasteiger partial charge in [-0.05, 0) is 58.4 Å². The Morgan fingerprint density at radius 2 is 1.81 bits per heavy atom. The number of nitrogens with one attached hydrogen (secondary N) is 1. The maximum absolute atomic E-state index is 11.6. The maximum Gasteiger partial charge on any atom is 0.413 e. The molecule has 1 N–H and O–H groups in total. The summed E-state index contributed by atoms with van der Waals surface area (Å²) in [4.78, 5) is 21.9. The Morgan fingerprint density at radius 3 is 2.32 bits per heavy atom. The maximum atomic E-state index is 11.6. The average molecular weight is 428 g/mol. The van der Waals surface area contributed by atoms with Gasteiger partial charge in [0, 0.05) is 31.1 Å². The van der Waals surface area contributed by atoms with Gasteiger partial charge in [0.05, 0.1) is 17.8 Å². The lowest BCUT2D eigenvalue weighted by atomic mass is 10.1. The summed E-state index contributed by atoms with van der Waals surface area (Å²) in [6.45, 7) is 10.5. The summed E-state index contributed by atoms with van der Waals surface area (Å²) in [6.07, 6.45) is 3.00. The van der Waals surface area contributed by atoms with Gasteiger partial charge in [-0.1, -0.05) is 6.07 Å². The number of hydrogen-bond acceptors (Lipinski definition) is 7. The van der Waals surface area contributed by atoms with Gasteiger partial charge in [-0.2, -0.15) is 5.10 Å². The molecular formula is C22H29N5O4. The molecule has 1 aromatic carbocycles. The van der Waals surface area contributed by atoms with Gasteiger partial charge in [-0.15, -0.1) is 10.2 Å². The molecule has 0 saturated heterocycles. The Kier molecular flexibility index (Phi) is 7.68. The van der Waals surface area contributed by atoms with Crippen molar-refractivity contribution in [3.05, 3.63) is 36.7 Å². The Labute approximate surface area is 181 Å². The normalized spacial score (nSPS) is 11.0. The number of rotatable bonds is 3. The zero-order chi connectivity index (χ0) is 23.2. The van der Waals surface area contributed by atoms with E-state index in [4.69, 9.17) is 9.47 Å². The van der Waals surface area contributed by atoms with E-state index in [0.717, 1.165) is 22.0 Å². The van der Waals surface area contributed by atoms with E-state index in [1.165, 1.54) is 6.92 Å². The van der Waals surface area contributed by atoms with Gasteiger partial charge in [-0.25, -0.2) is 4.79 Å². The van der Waals surface area contributed by atoms with Crippen LogP contribution in [0, 0.1) is 0 Å². The molecule has 1 amide bonds. The molecule has 0 aliphatic carbocycles. The predicted octanol–water partition coefficient (Wildman–Crippen LogP) is 4.34. The van der Waals surface area contributed by atoms with Crippen molar-refractivity contribution in [2.75, 3.05) is 5.32 Å². The molecule has 31 heavy (non-hydrogen) atoms. The molecule has 3 rings (SSSR count). The molecule has 0 saturated carbocycles. The molecule has 0 aliphatic rings. The molecule has 166 valence electrons. The quantitative estimate of drug-likeness (QED) is 0.620. The first-order valence-electron chi connectivity index (χ1n) is 9.86. The first kappa shape index (κ1) is 23.8. The van der Waals surface area contributed by atoms with Crippen LogP contribution in [-0.4, -0.2) is 43.7 Å². The molecule has 2 heterocycles. The molecular weight excluding hydrogens is 398 g/mol. The zero-order valence-corrected chi connectivity index (χ0v) is 19.0. The van der Waals surface area contributed by atoms with Gasteiger partial charge in [0.2, 0.25) is 0 Å². The van der Waals surface area contributed by atoms with Crippen LogP contribution < -0.4 is 5.32 Å². The van der Waals surface area contributed by atoms with E-state index >= 15 is 0 Å². The Bertz CT molecular complexity index is 1050. The zero-order valence-electron chi connectivity index (χ0n) is 19.0. The molecule has 0 spiro atoms. The molecule has 0 aliphatic heterocycles. The fourth-order valence-corrected chi connectivity index (χ4v) is 2.64. The second-order valence-corrected chi connectivity index (χ2v) is 8.19. The number of carbonyl (C=O) groups is 2. The number of esters is 1. The minimum atomic E-state index is -0.544. The van der Waals surface area contributed by atoms with Crippen LogP contribution in [0.1, 0.15) is 41.5 Å². The standard InChI is InChI=1S/C16H17N5O2.C6H12O2/c1-10(2)23-16(22)18-15-7-12-6-11(4-5-14(12)19-20-15)13-8-17-21(3)9-13;1-5(7)8-6(2,3)4/h4-10H,1-3H3,(H,18,20,22);1-4H3. The van der Waals surface area contributed by atoms with Crippen molar-refractivity contribution >= 4 is 28.8 Å². The smallest absolute Gasteiger partial charge is 0.413 e. The first-order valence-corrected chi connectivity index (χ1v) is 9.86. The molecule has 3 aromatic rings. The summed E-state index contributed by atoms with van der Waals surface area (Å²) in [6, 6.07) is 7.61. The van der Waals surface area contributed by atoms with E-state index in [9.17, 15) is 9.59 Å².